The van der Waals surface area contributed by atoms with Crippen LogP contribution in [0.3, 0.4) is 0 Å². The third-order valence-corrected chi connectivity index (χ3v) is 7.33. The molecule has 12 heteroatoms. The molecule has 0 aliphatic heterocycles. The molecule has 0 saturated heterocycles. The van der Waals surface area contributed by atoms with E-state index < -0.39 is 29.9 Å². The fourth-order valence-electron chi connectivity index (χ4n) is 4.14. The number of halogens is 2. The van der Waals surface area contributed by atoms with E-state index in [2.05, 4.69) is 19.9 Å². The Kier molecular flexibility index (Phi) is 6.96. The average molecular weight is 552 g/mol. The fourth-order valence-corrected chi connectivity index (χ4v) is 5.13. The van der Waals surface area contributed by atoms with Crippen molar-refractivity contribution in [3.8, 4) is 22.1 Å². The van der Waals surface area contributed by atoms with Crippen LogP contribution in [0.4, 0.5) is 19.3 Å². The number of hydrogen-bond acceptors (Lipinski definition) is 8. The lowest BCUT2D eigenvalue weighted by Gasteiger charge is -2.30. The molecule has 5 aromatic rings. The second kappa shape index (κ2) is 10.4. The highest BCUT2D eigenvalue weighted by atomic mass is 32.1. The lowest BCUT2D eigenvalue weighted by atomic mass is 10.1. The van der Waals surface area contributed by atoms with Crippen molar-refractivity contribution in [1.82, 2.24) is 19.9 Å². The number of aryl methyl sites for hydroxylation is 1. The maximum atomic E-state index is 15.1. The normalized spacial score (nSPS) is 12.9. The minimum atomic E-state index is -1.22. The van der Waals surface area contributed by atoms with E-state index in [9.17, 15) is 14.3 Å². The Labute approximate surface area is 225 Å². The number of ether oxygens (including phenoxy) is 2. The van der Waals surface area contributed by atoms with Gasteiger partial charge in [-0.3, -0.25) is 9.88 Å². The summed E-state index contributed by atoms with van der Waals surface area (Å²) in [4.78, 5) is 30.1. The summed E-state index contributed by atoms with van der Waals surface area (Å²) in [6, 6.07) is 6.42. The molecule has 39 heavy (non-hydrogen) atoms. The number of fused-ring (bicyclic) bond motifs is 2. The monoisotopic (exact) mass is 551 g/mol. The first-order valence-electron chi connectivity index (χ1n) is 11.9. The van der Waals surface area contributed by atoms with Crippen LogP contribution in [-0.2, 0) is 0 Å². The van der Waals surface area contributed by atoms with Crippen molar-refractivity contribution < 1.29 is 28.2 Å². The fraction of sp³-hybridized carbons (Fsp3) is 0.222. The number of rotatable bonds is 7. The molecule has 3 heterocycles. The van der Waals surface area contributed by atoms with E-state index in [-0.39, 0.29) is 11.4 Å². The predicted molar refractivity (Wildman–Crippen MR) is 144 cm³/mol. The highest BCUT2D eigenvalue weighted by molar-refractivity contribution is 7.21. The number of amides is 1. The van der Waals surface area contributed by atoms with E-state index in [0.717, 1.165) is 4.90 Å². The first-order valence-corrected chi connectivity index (χ1v) is 12.7. The van der Waals surface area contributed by atoms with Gasteiger partial charge in [0.2, 0.25) is 0 Å². The van der Waals surface area contributed by atoms with E-state index in [1.165, 1.54) is 61.3 Å². The van der Waals surface area contributed by atoms with Crippen molar-refractivity contribution in [2.75, 3.05) is 12.0 Å². The number of carbonyl (C=O) groups is 1. The van der Waals surface area contributed by atoms with Gasteiger partial charge < -0.3 is 14.6 Å². The summed E-state index contributed by atoms with van der Waals surface area (Å²) in [5.41, 5.74) is 1.64. The Hall–Kier alpha value is -4.45. The molecule has 9 nitrogen and oxygen atoms in total. The van der Waals surface area contributed by atoms with Crippen molar-refractivity contribution in [2.24, 2.45) is 0 Å². The number of thiazole rings is 1. The third kappa shape index (κ3) is 5.15. The van der Waals surface area contributed by atoms with Crippen LogP contribution in [-0.4, -0.2) is 50.4 Å². The quantitative estimate of drug-likeness (QED) is 0.253. The van der Waals surface area contributed by atoms with Gasteiger partial charge in [-0.05, 0) is 39.0 Å². The van der Waals surface area contributed by atoms with Crippen LogP contribution >= 0.6 is 11.3 Å². The lowest BCUT2D eigenvalue weighted by molar-refractivity contribution is 0.167. The van der Waals surface area contributed by atoms with Crippen LogP contribution in [0.1, 0.15) is 19.7 Å². The van der Waals surface area contributed by atoms with Crippen LogP contribution in [0.5, 0.6) is 11.5 Å². The van der Waals surface area contributed by atoms with Gasteiger partial charge in [-0.25, -0.2) is 28.5 Å². The number of carboxylic acid groups (broad SMARTS) is 1. The van der Waals surface area contributed by atoms with E-state index in [4.69, 9.17) is 9.47 Å². The maximum absolute atomic E-state index is 15.1. The van der Waals surface area contributed by atoms with Crippen LogP contribution in [0.2, 0.25) is 0 Å². The molecular weight excluding hydrogens is 528 g/mol. The molecule has 5 rings (SSSR count). The zero-order chi connectivity index (χ0) is 27.8. The molecule has 0 unspecified atom stereocenters. The summed E-state index contributed by atoms with van der Waals surface area (Å²) < 4.78 is 41.2. The molecule has 3 aromatic heterocycles. The molecule has 2 aromatic carbocycles. The zero-order valence-corrected chi connectivity index (χ0v) is 22.2. The first-order chi connectivity index (χ1) is 18.6. The minimum absolute atomic E-state index is 0.0606. The smallest absolute Gasteiger partial charge is 0.412 e. The molecule has 0 bridgehead atoms. The lowest BCUT2D eigenvalue weighted by Crippen LogP contribution is -2.46. The molecule has 0 radical (unpaired) electrons. The van der Waals surface area contributed by atoms with Crippen LogP contribution in [0.15, 0.2) is 48.9 Å². The molecule has 200 valence electrons. The second-order valence-electron chi connectivity index (χ2n) is 8.87. The van der Waals surface area contributed by atoms with Crippen LogP contribution in [0.25, 0.3) is 31.7 Å². The third-order valence-electron chi connectivity index (χ3n) is 6.28. The van der Waals surface area contributed by atoms with Gasteiger partial charge in [0, 0.05) is 23.1 Å². The maximum Gasteiger partial charge on any atom is 0.412 e. The zero-order valence-electron chi connectivity index (χ0n) is 21.3. The molecule has 1 N–H and O–H groups in total. The average Bonchev–Trinajstić information content (AvgIpc) is 3.31. The molecule has 0 saturated carbocycles. The topological polar surface area (TPSA) is 111 Å². The number of methoxy groups -OCH3 is 1. The van der Waals surface area contributed by atoms with E-state index >= 15 is 4.39 Å². The van der Waals surface area contributed by atoms with E-state index in [0.29, 0.717) is 43.3 Å². The molecular formula is C27H23F2N5O4S. The summed E-state index contributed by atoms with van der Waals surface area (Å²) in [6.45, 7) is 4.99. The Morgan fingerprint density at radius 3 is 2.49 bits per heavy atom. The number of pyridine rings is 1. The van der Waals surface area contributed by atoms with Gasteiger partial charge in [0.05, 0.1) is 53.2 Å². The highest BCUT2D eigenvalue weighted by Gasteiger charge is 2.29. The summed E-state index contributed by atoms with van der Waals surface area (Å²) in [6.07, 6.45) is 2.39. The van der Waals surface area contributed by atoms with Crippen molar-refractivity contribution in [3.63, 3.8) is 0 Å². The van der Waals surface area contributed by atoms with Gasteiger partial charge in [-0.1, -0.05) is 0 Å². The number of anilines is 1. The van der Waals surface area contributed by atoms with Gasteiger partial charge >= 0.3 is 6.09 Å². The molecule has 0 aliphatic carbocycles. The van der Waals surface area contributed by atoms with Gasteiger partial charge in [0.25, 0.3) is 0 Å². The minimum Gasteiger partial charge on any atom is -0.495 e. The SMILES string of the molecule is COc1cnc2c(-c3nc4cc(F)c(O[C@@H](C)[C@@H](C)N(C(=O)O)c5cnc(C)nc5)cc4s3)cc(F)cc2c1. The number of nitrogens with zero attached hydrogens (tertiary/aromatic N) is 5. The van der Waals surface area contributed by atoms with Gasteiger partial charge in [-0.15, -0.1) is 11.3 Å². The highest BCUT2D eigenvalue weighted by Crippen LogP contribution is 2.37. The van der Waals surface area contributed by atoms with Gasteiger partial charge in [0.15, 0.2) is 11.6 Å². The standard InChI is InChI=1S/C27H23F2N5O4S/c1-13(34(27(35)36)18-10-30-15(3)31-11-18)14(2)38-23-9-24-22(8-21(23)29)33-26(39-24)20-7-17(28)5-16-6-19(37-4)12-32-25(16)20/h5-14H,1-4H3,(H,35,36)/t13-,14+/m1/s1. The second-order valence-corrected chi connectivity index (χ2v) is 9.90. The molecule has 2 atom stereocenters. The van der Waals surface area contributed by atoms with Crippen molar-refractivity contribution in [3.05, 3.63) is 66.4 Å². The Morgan fingerprint density at radius 2 is 1.79 bits per heavy atom. The summed E-state index contributed by atoms with van der Waals surface area (Å²) in [5.74, 6) is -0.193. The van der Waals surface area contributed by atoms with Gasteiger partial charge in [-0.2, -0.15) is 0 Å². The van der Waals surface area contributed by atoms with E-state index in [1.807, 2.05) is 0 Å². The van der Waals surface area contributed by atoms with Crippen LogP contribution < -0.4 is 14.4 Å². The summed E-state index contributed by atoms with van der Waals surface area (Å²) >= 11 is 1.23. The number of hydrogen-bond donors (Lipinski definition) is 1. The van der Waals surface area contributed by atoms with Crippen LogP contribution in [0, 0.1) is 18.6 Å². The van der Waals surface area contributed by atoms with Crippen molar-refractivity contribution in [1.29, 1.82) is 0 Å². The van der Waals surface area contributed by atoms with Gasteiger partial charge in [0.1, 0.15) is 28.5 Å². The molecule has 0 spiro atoms. The largest absolute Gasteiger partial charge is 0.495 e. The Balaban J connectivity index is 1.46. The summed E-state index contributed by atoms with van der Waals surface area (Å²) in [7, 11) is 1.50. The Morgan fingerprint density at radius 1 is 1.05 bits per heavy atom. The van der Waals surface area contributed by atoms with E-state index in [1.54, 1.807) is 26.8 Å². The number of benzene rings is 2. The van der Waals surface area contributed by atoms with Crippen molar-refractivity contribution in [2.45, 2.75) is 32.9 Å². The van der Waals surface area contributed by atoms with Crippen molar-refractivity contribution >= 4 is 44.2 Å². The predicted octanol–water partition coefficient (Wildman–Crippen LogP) is 6.24. The molecule has 0 aliphatic rings. The number of aromatic nitrogens is 4. The summed E-state index contributed by atoms with van der Waals surface area (Å²) in [5, 5.41) is 10.8. The molecule has 1 amide bonds. The molecule has 0 fully saturated rings. The first kappa shape index (κ1) is 26.2. The Bertz CT molecular complexity index is 1700.